The first kappa shape index (κ1) is 14.4. The third-order valence-corrected chi connectivity index (χ3v) is 5.22. The summed E-state index contributed by atoms with van der Waals surface area (Å²) in [5, 5.41) is 6.93. The minimum absolute atomic E-state index is 0.111. The summed E-state index contributed by atoms with van der Waals surface area (Å²) in [6.45, 7) is 0.539. The molecule has 5 nitrogen and oxygen atoms in total. The predicted octanol–water partition coefficient (Wildman–Crippen LogP) is 2.60. The predicted molar refractivity (Wildman–Crippen MR) is 88.6 cm³/mol. The van der Waals surface area contributed by atoms with Gasteiger partial charge in [-0.25, -0.2) is 0 Å². The number of nitrogens with zero attached hydrogens (tertiary/aromatic N) is 1. The number of methoxy groups -OCH3 is 1. The normalized spacial score (nSPS) is 23.3. The van der Waals surface area contributed by atoms with E-state index < -0.39 is 6.04 Å². The summed E-state index contributed by atoms with van der Waals surface area (Å²) >= 11 is 1.61. The molecule has 0 spiro atoms. The summed E-state index contributed by atoms with van der Waals surface area (Å²) in [5.41, 5.74) is 3.17. The van der Waals surface area contributed by atoms with Crippen molar-refractivity contribution in [2.75, 3.05) is 19.0 Å². The first-order valence-electron chi connectivity index (χ1n) is 7.50. The number of carbonyl (C=O) groups is 2. The Morgan fingerprint density at radius 1 is 1.26 bits per heavy atom. The average Bonchev–Trinajstić information content (AvgIpc) is 3.22. The van der Waals surface area contributed by atoms with Crippen LogP contribution >= 0.6 is 11.3 Å². The molecule has 0 aliphatic carbocycles. The van der Waals surface area contributed by atoms with E-state index in [1.807, 2.05) is 35.0 Å². The van der Waals surface area contributed by atoms with Crippen molar-refractivity contribution in [3.8, 4) is 11.1 Å². The molecule has 0 saturated carbocycles. The first-order valence-corrected chi connectivity index (χ1v) is 8.44. The summed E-state index contributed by atoms with van der Waals surface area (Å²) in [4.78, 5) is 27.1. The van der Waals surface area contributed by atoms with E-state index in [0.29, 0.717) is 24.2 Å². The van der Waals surface area contributed by atoms with Gasteiger partial charge in [0.2, 0.25) is 5.91 Å². The SMILES string of the molecule is CO[C@@H]1CCN2C(=O)c3cc(-c4ccsc4)ccc3NC(=O)[C@H]12. The van der Waals surface area contributed by atoms with E-state index in [0.717, 1.165) is 11.1 Å². The van der Waals surface area contributed by atoms with E-state index >= 15 is 0 Å². The maximum Gasteiger partial charge on any atom is 0.256 e. The number of hydrogen-bond acceptors (Lipinski definition) is 4. The molecule has 1 saturated heterocycles. The molecule has 6 heteroatoms. The molecule has 1 N–H and O–H groups in total. The summed E-state index contributed by atoms with van der Waals surface area (Å²) in [6, 6.07) is 7.07. The van der Waals surface area contributed by atoms with E-state index in [9.17, 15) is 9.59 Å². The van der Waals surface area contributed by atoms with Crippen LogP contribution in [-0.2, 0) is 9.53 Å². The number of hydrogen-bond donors (Lipinski definition) is 1. The van der Waals surface area contributed by atoms with E-state index in [1.54, 1.807) is 23.3 Å². The Balaban J connectivity index is 1.78. The van der Waals surface area contributed by atoms with Gasteiger partial charge in [-0.15, -0.1) is 0 Å². The molecular formula is C17H16N2O3S. The molecule has 0 unspecified atom stereocenters. The van der Waals surface area contributed by atoms with Crippen molar-refractivity contribution < 1.29 is 14.3 Å². The number of fused-ring (bicyclic) bond motifs is 2. The molecule has 1 aromatic carbocycles. The maximum absolute atomic E-state index is 12.9. The fraction of sp³-hybridized carbons (Fsp3) is 0.294. The summed E-state index contributed by atoms with van der Waals surface area (Å²) in [6.07, 6.45) is 0.435. The molecule has 1 aromatic heterocycles. The van der Waals surface area contributed by atoms with Gasteiger partial charge in [0.05, 0.1) is 17.4 Å². The van der Waals surface area contributed by atoms with Crippen molar-refractivity contribution in [2.24, 2.45) is 0 Å². The zero-order chi connectivity index (χ0) is 16.0. The third kappa shape index (κ3) is 2.26. The van der Waals surface area contributed by atoms with E-state index in [4.69, 9.17) is 4.74 Å². The van der Waals surface area contributed by atoms with Crippen LogP contribution in [0.4, 0.5) is 5.69 Å². The molecular weight excluding hydrogens is 312 g/mol. The fourth-order valence-electron chi connectivity index (χ4n) is 3.35. The van der Waals surface area contributed by atoms with Crippen molar-refractivity contribution in [1.82, 2.24) is 4.90 Å². The fourth-order valence-corrected chi connectivity index (χ4v) is 4.01. The molecule has 2 aliphatic heterocycles. The molecule has 2 atom stereocenters. The minimum atomic E-state index is -0.551. The third-order valence-electron chi connectivity index (χ3n) is 4.54. The number of nitrogens with one attached hydrogen (secondary N) is 1. The van der Waals surface area contributed by atoms with Crippen molar-refractivity contribution in [3.63, 3.8) is 0 Å². The molecule has 4 rings (SSSR count). The second-order valence-electron chi connectivity index (χ2n) is 5.77. The van der Waals surface area contributed by atoms with Crippen LogP contribution in [0.25, 0.3) is 11.1 Å². The van der Waals surface area contributed by atoms with E-state index in [2.05, 4.69) is 5.32 Å². The first-order chi connectivity index (χ1) is 11.2. The largest absolute Gasteiger partial charge is 0.379 e. The molecule has 3 heterocycles. The van der Waals surface area contributed by atoms with Gasteiger partial charge in [0, 0.05) is 13.7 Å². The highest BCUT2D eigenvalue weighted by atomic mass is 32.1. The molecule has 118 valence electrons. The highest BCUT2D eigenvalue weighted by Crippen LogP contribution is 2.33. The highest BCUT2D eigenvalue weighted by molar-refractivity contribution is 7.08. The lowest BCUT2D eigenvalue weighted by molar-refractivity contribution is -0.122. The van der Waals surface area contributed by atoms with Gasteiger partial charge in [0.15, 0.2) is 0 Å². The number of rotatable bonds is 2. The topological polar surface area (TPSA) is 58.6 Å². The van der Waals surface area contributed by atoms with Gasteiger partial charge in [-0.2, -0.15) is 11.3 Å². The van der Waals surface area contributed by atoms with Crippen molar-refractivity contribution >= 4 is 28.8 Å². The number of thiophene rings is 1. The van der Waals surface area contributed by atoms with Crippen LogP contribution in [0.15, 0.2) is 35.0 Å². The van der Waals surface area contributed by atoms with Crippen molar-refractivity contribution in [2.45, 2.75) is 18.6 Å². The van der Waals surface area contributed by atoms with Crippen LogP contribution in [0.2, 0.25) is 0 Å². The number of amides is 2. The van der Waals surface area contributed by atoms with Gasteiger partial charge in [-0.3, -0.25) is 9.59 Å². The summed E-state index contributed by atoms with van der Waals surface area (Å²) < 4.78 is 5.38. The van der Waals surface area contributed by atoms with Crippen LogP contribution in [0.1, 0.15) is 16.8 Å². The monoisotopic (exact) mass is 328 g/mol. The maximum atomic E-state index is 12.9. The van der Waals surface area contributed by atoms with Gasteiger partial charge < -0.3 is 15.0 Å². The quantitative estimate of drug-likeness (QED) is 0.922. The highest BCUT2D eigenvalue weighted by Gasteiger charge is 2.44. The molecule has 2 aliphatic rings. The van der Waals surface area contributed by atoms with Crippen LogP contribution < -0.4 is 5.32 Å². The van der Waals surface area contributed by atoms with Crippen LogP contribution in [0.5, 0.6) is 0 Å². The van der Waals surface area contributed by atoms with Crippen molar-refractivity contribution in [1.29, 1.82) is 0 Å². The molecule has 0 bridgehead atoms. The lowest BCUT2D eigenvalue weighted by Crippen LogP contribution is -2.46. The molecule has 1 fully saturated rings. The smallest absolute Gasteiger partial charge is 0.256 e. The Bertz CT molecular complexity index is 772. The van der Waals surface area contributed by atoms with E-state index in [1.165, 1.54) is 0 Å². The summed E-state index contributed by atoms with van der Waals surface area (Å²) in [5.74, 6) is -0.287. The Labute approximate surface area is 137 Å². The zero-order valence-electron chi connectivity index (χ0n) is 12.6. The lowest BCUT2D eigenvalue weighted by Gasteiger charge is -2.23. The van der Waals surface area contributed by atoms with Crippen LogP contribution in [0.3, 0.4) is 0 Å². The standard InChI is InChI=1S/C17H16N2O3S/c1-22-14-4-6-19-15(14)16(20)18-13-3-2-10(8-12(13)17(19)21)11-5-7-23-9-11/h2-3,5,7-9,14-15H,4,6H2,1H3,(H,18,20)/t14-,15+/m1/s1. The Morgan fingerprint density at radius 2 is 2.13 bits per heavy atom. The Kier molecular flexibility index (Phi) is 3.43. The average molecular weight is 328 g/mol. The van der Waals surface area contributed by atoms with Gasteiger partial charge in [-0.1, -0.05) is 6.07 Å². The number of benzene rings is 1. The minimum Gasteiger partial charge on any atom is -0.379 e. The number of ether oxygens (including phenoxy) is 1. The second kappa shape index (κ2) is 5.47. The molecule has 2 amide bonds. The van der Waals surface area contributed by atoms with Gasteiger partial charge in [0.25, 0.3) is 5.91 Å². The molecule has 23 heavy (non-hydrogen) atoms. The second-order valence-corrected chi connectivity index (χ2v) is 6.55. The van der Waals surface area contributed by atoms with Crippen molar-refractivity contribution in [3.05, 3.63) is 40.6 Å². The number of carbonyl (C=O) groups excluding carboxylic acids is 2. The Hall–Kier alpha value is -2.18. The lowest BCUT2D eigenvalue weighted by atomic mass is 10.0. The van der Waals surface area contributed by atoms with Crippen LogP contribution in [-0.4, -0.2) is 42.5 Å². The zero-order valence-corrected chi connectivity index (χ0v) is 13.4. The van der Waals surface area contributed by atoms with Gasteiger partial charge in [0.1, 0.15) is 6.04 Å². The van der Waals surface area contributed by atoms with E-state index in [-0.39, 0.29) is 17.9 Å². The summed E-state index contributed by atoms with van der Waals surface area (Å²) in [7, 11) is 1.58. The molecule has 2 aromatic rings. The van der Waals surface area contributed by atoms with Crippen LogP contribution in [0, 0.1) is 0 Å². The van der Waals surface area contributed by atoms with Gasteiger partial charge in [-0.05, 0) is 46.5 Å². The van der Waals surface area contributed by atoms with Gasteiger partial charge >= 0.3 is 0 Å². The Morgan fingerprint density at radius 3 is 2.87 bits per heavy atom. The number of anilines is 1. The molecule has 0 radical (unpaired) electrons.